The number of hydrogen-bond acceptors (Lipinski definition) is 8. The van der Waals surface area contributed by atoms with Crippen LogP contribution in [-0.2, 0) is 4.79 Å². The van der Waals surface area contributed by atoms with Crippen LogP contribution < -0.4 is 27.1 Å². The summed E-state index contributed by atoms with van der Waals surface area (Å²) in [5.41, 5.74) is 7.41. The highest BCUT2D eigenvalue weighted by molar-refractivity contribution is 5.73. The predicted molar refractivity (Wildman–Crippen MR) is 74.9 cm³/mol. The van der Waals surface area contributed by atoms with Crippen molar-refractivity contribution in [2.24, 2.45) is 11.6 Å². The fourth-order valence-corrected chi connectivity index (χ4v) is 1.39. The van der Waals surface area contributed by atoms with Crippen LogP contribution in [0.25, 0.3) is 0 Å². The van der Waals surface area contributed by atoms with E-state index in [1.165, 1.54) is 0 Å². The fraction of sp³-hybridized carbons (Fsp3) is 0.636. The lowest BCUT2D eigenvalue weighted by Crippen LogP contribution is -2.17. The van der Waals surface area contributed by atoms with Crippen molar-refractivity contribution in [3.63, 3.8) is 0 Å². The molecule has 0 aromatic carbocycles. The molecule has 20 heavy (non-hydrogen) atoms. The summed E-state index contributed by atoms with van der Waals surface area (Å²) >= 11 is 0. The molecule has 0 saturated heterocycles. The van der Waals surface area contributed by atoms with E-state index in [0.717, 1.165) is 6.42 Å². The van der Waals surface area contributed by atoms with Crippen LogP contribution in [0.4, 0.5) is 11.9 Å². The van der Waals surface area contributed by atoms with E-state index in [0.29, 0.717) is 25.3 Å². The SMILES string of the molecule is CC(C)Oc1nc(NN)nc(NCCCCC(N)=O)n1. The van der Waals surface area contributed by atoms with E-state index in [-0.39, 0.29) is 24.0 Å². The minimum Gasteiger partial charge on any atom is -0.461 e. The third-order valence-electron chi connectivity index (χ3n) is 2.22. The molecule has 9 nitrogen and oxygen atoms in total. The average Bonchev–Trinajstić information content (AvgIpc) is 2.36. The molecule has 1 amide bonds. The Morgan fingerprint density at radius 1 is 1.25 bits per heavy atom. The number of unbranched alkanes of at least 4 members (excludes halogenated alkanes) is 1. The molecule has 0 spiro atoms. The van der Waals surface area contributed by atoms with Crippen molar-refractivity contribution in [2.45, 2.75) is 39.2 Å². The van der Waals surface area contributed by atoms with Gasteiger partial charge >= 0.3 is 6.01 Å². The van der Waals surface area contributed by atoms with Gasteiger partial charge in [-0.3, -0.25) is 10.2 Å². The second-order valence-electron chi connectivity index (χ2n) is 4.43. The van der Waals surface area contributed by atoms with Crippen LogP contribution in [0.15, 0.2) is 0 Å². The van der Waals surface area contributed by atoms with Crippen molar-refractivity contribution in [2.75, 3.05) is 17.3 Å². The van der Waals surface area contributed by atoms with Gasteiger partial charge in [-0.25, -0.2) is 5.84 Å². The minimum atomic E-state index is -0.299. The summed E-state index contributed by atoms with van der Waals surface area (Å²) in [6.07, 6.45) is 1.81. The first-order valence-corrected chi connectivity index (χ1v) is 6.42. The molecular weight excluding hydrogens is 262 g/mol. The van der Waals surface area contributed by atoms with Crippen LogP contribution in [0.5, 0.6) is 6.01 Å². The van der Waals surface area contributed by atoms with Crippen molar-refractivity contribution in [1.29, 1.82) is 0 Å². The number of carbonyl (C=O) groups excluding carboxylic acids is 1. The third-order valence-corrected chi connectivity index (χ3v) is 2.22. The molecule has 0 unspecified atom stereocenters. The molecule has 0 aliphatic carbocycles. The number of hydrazine groups is 1. The van der Waals surface area contributed by atoms with Gasteiger partial charge in [0.2, 0.25) is 17.8 Å². The van der Waals surface area contributed by atoms with Crippen molar-refractivity contribution < 1.29 is 9.53 Å². The lowest BCUT2D eigenvalue weighted by atomic mass is 10.2. The number of amides is 1. The van der Waals surface area contributed by atoms with Gasteiger partial charge in [0.25, 0.3) is 0 Å². The summed E-state index contributed by atoms with van der Waals surface area (Å²) in [4.78, 5) is 22.7. The maximum atomic E-state index is 10.6. The number of nitrogens with one attached hydrogen (secondary N) is 2. The standard InChI is InChI=1S/C11H21N7O2/c1-7(2)20-11-16-9(15-10(17-11)18-13)14-6-4-3-5-8(12)19/h7H,3-6,13H2,1-2H3,(H2,12,19)(H2,14,15,16,17,18). The molecule has 0 saturated carbocycles. The number of carbonyl (C=O) groups is 1. The number of aromatic nitrogens is 3. The Morgan fingerprint density at radius 2 is 1.95 bits per heavy atom. The monoisotopic (exact) mass is 283 g/mol. The van der Waals surface area contributed by atoms with E-state index >= 15 is 0 Å². The van der Waals surface area contributed by atoms with Gasteiger partial charge in [-0.05, 0) is 26.7 Å². The van der Waals surface area contributed by atoms with E-state index in [4.69, 9.17) is 16.3 Å². The van der Waals surface area contributed by atoms with Gasteiger partial charge in [0, 0.05) is 13.0 Å². The molecule has 1 aromatic rings. The number of nitrogen functional groups attached to an aromatic ring is 1. The van der Waals surface area contributed by atoms with Crippen LogP contribution in [0.3, 0.4) is 0 Å². The molecule has 1 rings (SSSR count). The third kappa shape index (κ3) is 6.14. The van der Waals surface area contributed by atoms with Gasteiger partial charge in [-0.1, -0.05) is 0 Å². The maximum absolute atomic E-state index is 10.6. The van der Waals surface area contributed by atoms with Crippen molar-refractivity contribution in [1.82, 2.24) is 15.0 Å². The highest BCUT2D eigenvalue weighted by Gasteiger charge is 2.08. The van der Waals surface area contributed by atoms with Gasteiger partial charge in [-0.2, -0.15) is 15.0 Å². The molecule has 9 heteroatoms. The highest BCUT2D eigenvalue weighted by Crippen LogP contribution is 2.12. The van der Waals surface area contributed by atoms with E-state index < -0.39 is 0 Å². The second kappa shape index (κ2) is 8.10. The fourth-order valence-electron chi connectivity index (χ4n) is 1.39. The second-order valence-corrected chi connectivity index (χ2v) is 4.43. The number of nitrogens with two attached hydrogens (primary N) is 2. The summed E-state index contributed by atoms with van der Waals surface area (Å²) in [6.45, 7) is 4.36. The lowest BCUT2D eigenvalue weighted by Gasteiger charge is -2.10. The zero-order chi connectivity index (χ0) is 15.0. The Morgan fingerprint density at radius 3 is 2.55 bits per heavy atom. The minimum absolute atomic E-state index is 0.0496. The summed E-state index contributed by atoms with van der Waals surface area (Å²) in [7, 11) is 0. The predicted octanol–water partition coefficient (Wildman–Crippen LogP) is 0.0119. The highest BCUT2D eigenvalue weighted by atomic mass is 16.5. The number of ether oxygens (including phenoxy) is 1. The number of anilines is 2. The quantitative estimate of drug-likeness (QED) is 0.282. The number of nitrogens with zero attached hydrogens (tertiary/aromatic N) is 3. The zero-order valence-electron chi connectivity index (χ0n) is 11.7. The van der Waals surface area contributed by atoms with Crippen LogP contribution in [-0.4, -0.2) is 33.5 Å². The lowest BCUT2D eigenvalue weighted by molar-refractivity contribution is -0.118. The molecule has 0 atom stereocenters. The molecule has 0 aliphatic heterocycles. The molecule has 0 bridgehead atoms. The average molecular weight is 283 g/mol. The van der Waals surface area contributed by atoms with Gasteiger partial charge in [0.05, 0.1) is 6.10 Å². The molecule has 0 fully saturated rings. The van der Waals surface area contributed by atoms with E-state index in [9.17, 15) is 4.79 Å². The van der Waals surface area contributed by atoms with Crippen LogP contribution in [0.2, 0.25) is 0 Å². The van der Waals surface area contributed by atoms with Crippen molar-refractivity contribution in [3.05, 3.63) is 0 Å². The Hall–Kier alpha value is -2.16. The number of primary amides is 1. The van der Waals surface area contributed by atoms with Gasteiger partial charge in [0.1, 0.15) is 0 Å². The molecule has 0 aliphatic rings. The van der Waals surface area contributed by atoms with Gasteiger partial charge in [0.15, 0.2) is 0 Å². The first-order chi connectivity index (χ1) is 9.51. The van der Waals surface area contributed by atoms with Gasteiger partial charge in [-0.15, -0.1) is 0 Å². The maximum Gasteiger partial charge on any atom is 0.323 e. The molecular formula is C11H21N7O2. The molecule has 6 N–H and O–H groups in total. The van der Waals surface area contributed by atoms with Crippen molar-refractivity contribution in [3.8, 4) is 6.01 Å². The number of hydrogen-bond donors (Lipinski definition) is 4. The van der Waals surface area contributed by atoms with Crippen LogP contribution >= 0.6 is 0 Å². The van der Waals surface area contributed by atoms with E-state index in [2.05, 4.69) is 25.7 Å². The van der Waals surface area contributed by atoms with Crippen LogP contribution in [0, 0.1) is 0 Å². The molecule has 1 heterocycles. The Bertz CT molecular complexity index is 439. The first kappa shape index (κ1) is 15.9. The summed E-state index contributed by atoms with van der Waals surface area (Å²) in [5.74, 6) is 5.57. The largest absolute Gasteiger partial charge is 0.461 e. The first-order valence-electron chi connectivity index (χ1n) is 6.42. The van der Waals surface area contributed by atoms with Crippen molar-refractivity contribution >= 4 is 17.8 Å². The van der Waals surface area contributed by atoms with Gasteiger partial charge < -0.3 is 15.8 Å². The molecule has 0 radical (unpaired) electrons. The van der Waals surface area contributed by atoms with E-state index in [1.54, 1.807) is 0 Å². The zero-order valence-corrected chi connectivity index (χ0v) is 11.7. The summed E-state index contributed by atoms with van der Waals surface area (Å²) in [6, 6.07) is 0.197. The Labute approximate surface area is 117 Å². The van der Waals surface area contributed by atoms with E-state index in [1.807, 2.05) is 13.8 Å². The normalized spacial score (nSPS) is 10.4. The summed E-state index contributed by atoms with van der Waals surface area (Å²) in [5, 5.41) is 3.02. The molecule has 112 valence electrons. The molecule has 1 aromatic heterocycles. The summed E-state index contributed by atoms with van der Waals surface area (Å²) < 4.78 is 5.40. The smallest absolute Gasteiger partial charge is 0.323 e. The Balaban J connectivity index is 2.53. The number of rotatable bonds is 9. The topological polar surface area (TPSA) is 141 Å². The Kier molecular flexibility index (Phi) is 6.44. The van der Waals surface area contributed by atoms with Crippen LogP contribution in [0.1, 0.15) is 33.1 Å².